The average Bonchev–Trinajstić information content (AvgIpc) is 2.74. The van der Waals surface area contributed by atoms with Crippen LogP contribution in [0.3, 0.4) is 0 Å². The molecule has 170 valence electrons. The number of anilines is 3. The second-order valence-corrected chi connectivity index (χ2v) is 8.03. The normalized spacial score (nSPS) is 16.4. The molecule has 1 aliphatic rings. The lowest BCUT2D eigenvalue weighted by atomic mass is 9.93. The lowest BCUT2D eigenvalue weighted by Gasteiger charge is -2.37. The van der Waals surface area contributed by atoms with Crippen LogP contribution in [-0.4, -0.2) is 50.5 Å². The summed E-state index contributed by atoms with van der Waals surface area (Å²) in [6, 6.07) is 4.87. The maximum Gasteiger partial charge on any atom is 0.417 e. The highest BCUT2D eigenvalue weighted by Gasteiger charge is 2.34. The van der Waals surface area contributed by atoms with E-state index in [0.717, 1.165) is 12.1 Å². The van der Waals surface area contributed by atoms with Gasteiger partial charge in [0.15, 0.2) is 0 Å². The van der Waals surface area contributed by atoms with E-state index in [4.69, 9.17) is 11.6 Å². The third-order valence-corrected chi connectivity index (χ3v) is 5.74. The Morgan fingerprint density at radius 2 is 1.94 bits per heavy atom. The predicted octanol–water partition coefficient (Wildman–Crippen LogP) is 3.06. The number of hydrogen-bond acceptors (Lipinski definition) is 7. The summed E-state index contributed by atoms with van der Waals surface area (Å²) >= 11 is 5.69. The first kappa shape index (κ1) is 22.3. The molecule has 8 nitrogen and oxygen atoms in total. The fraction of sp³-hybridized carbons (Fsp3) is 0.350. The number of alkyl halides is 3. The van der Waals surface area contributed by atoms with Crippen molar-refractivity contribution in [3.05, 3.63) is 51.4 Å². The van der Waals surface area contributed by atoms with Crippen molar-refractivity contribution >= 4 is 40.0 Å². The number of benzene rings is 1. The van der Waals surface area contributed by atoms with Gasteiger partial charge in [0.25, 0.3) is 5.56 Å². The first-order valence-corrected chi connectivity index (χ1v) is 10.1. The molecule has 0 saturated carbocycles. The van der Waals surface area contributed by atoms with Crippen molar-refractivity contribution in [2.24, 2.45) is 0 Å². The van der Waals surface area contributed by atoms with E-state index in [1.807, 2.05) is 0 Å². The molecule has 1 saturated heterocycles. The van der Waals surface area contributed by atoms with Gasteiger partial charge in [-0.2, -0.15) is 18.2 Å². The lowest BCUT2D eigenvalue weighted by molar-refractivity contribution is -0.137. The summed E-state index contributed by atoms with van der Waals surface area (Å²) in [5.74, 6) is 0.279. The zero-order chi connectivity index (χ0) is 23.1. The zero-order valence-electron chi connectivity index (χ0n) is 16.6. The first-order chi connectivity index (χ1) is 15.1. The number of H-pyrrole nitrogens is 1. The van der Waals surface area contributed by atoms with Crippen molar-refractivity contribution in [3.63, 3.8) is 0 Å². The number of hydrogen-bond donors (Lipinski definition) is 4. The molecule has 0 radical (unpaired) electrons. The molecule has 4 N–H and O–H groups in total. The molecular weight excluding hydrogens is 451 g/mol. The van der Waals surface area contributed by atoms with E-state index >= 15 is 0 Å². The highest BCUT2D eigenvalue weighted by molar-refractivity contribution is 6.31. The van der Waals surface area contributed by atoms with Crippen LogP contribution in [0.2, 0.25) is 5.02 Å². The first-order valence-electron chi connectivity index (χ1n) is 9.71. The van der Waals surface area contributed by atoms with Crippen LogP contribution in [0.1, 0.15) is 18.4 Å². The maximum absolute atomic E-state index is 13.2. The zero-order valence-corrected chi connectivity index (χ0v) is 17.3. The van der Waals surface area contributed by atoms with Crippen LogP contribution in [-0.2, 0) is 6.18 Å². The largest absolute Gasteiger partial charge is 0.417 e. The van der Waals surface area contributed by atoms with E-state index in [0.29, 0.717) is 18.6 Å². The van der Waals surface area contributed by atoms with E-state index in [-0.39, 0.29) is 42.3 Å². The number of piperidine rings is 1. The second-order valence-electron chi connectivity index (χ2n) is 7.63. The highest BCUT2D eigenvalue weighted by atomic mass is 35.5. The monoisotopic (exact) mass is 469 g/mol. The van der Waals surface area contributed by atoms with E-state index in [2.05, 4.69) is 20.3 Å². The molecule has 0 amide bonds. The van der Waals surface area contributed by atoms with Crippen molar-refractivity contribution in [3.8, 4) is 0 Å². The van der Waals surface area contributed by atoms with Gasteiger partial charge < -0.3 is 25.4 Å². The van der Waals surface area contributed by atoms with Crippen molar-refractivity contribution in [2.75, 3.05) is 29.9 Å². The molecular formula is C20H19ClF3N5O3. The smallest absolute Gasteiger partial charge is 0.393 e. The Kier molecular flexibility index (Phi) is 5.74. The maximum atomic E-state index is 13.2. The lowest BCUT2D eigenvalue weighted by Crippen LogP contribution is -2.47. The van der Waals surface area contributed by atoms with E-state index < -0.39 is 27.9 Å². The summed E-state index contributed by atoms with van der Waals surface area (Å²) in [6.07, 6.45) is -2.66. The van der Waals surface area contributed by atoms with Crippen molar-refractivity contribution < 1.29 is 23.4 Å². The van der Waals surface area contributed by atoms with Gasteiger partial charge >= 0.3 is 6.18 Å². The van der Waals surface area contributed by atoms with Gasteiger partial charge in [0, 0.05) is 25.0 Å². The van der Waals surface area contributed by atoms with E-state index in [1.165, 1.54) is 12.3 Å². The molecule has 2 aromatic heterocycles. The molecule has 1 aromatic carbocycles. The number of aromatic nitrogens is 3. The Labute approximate surface area is 184 Å². The van der Waals surface area contributed by atoms with E-state index in [9.17, 15) is 28.2 Å². The number of fused-ring (bicyclic) bond motifs is 1. The Balaban J connectivity index is 1.75. The quantitative estimate of drug-likeness (QED) is 0.464. The van der Waals surface area contributed by atoms with Crippen LogP contribution in [0.15, 0.2) is 35.3 Å². The fourth-order valence-corrected chi connectivity index (χ4v) is 3.77. The average molecular weight is 470 g/mol. The summed E-state index contributed by atoms with van der Waals surface area (Å²) in [4.78, 5) is 25.5. The van der Waals surface area contributed by atoms with Crippen molar-refractivity contribution in [1.82, 2.24) is 15.0 Å². The number of halogens is 4. The molecule has 12 heteroatoms. The van der Waals surface area contributed by atoms with Crippen molar-refractivity contribution in [1.29, 1.82) is 0 Å². The third-order valence-electron chi connectivity index (χ3n) is 5.41. The number of aliphatic hydroxyl groups is 2. The topological polar surface area (TPSA) is 114 Å². The Morgan fingerprint density at radius 1 is 1.22 bits per heavy atom. The summed E-state index contributed by atoms with van der Waals surface area (Å²) in [5, 5.41) is 22.0. The number of pyridine rings is 1. The second kappa shape index (κ2) is 8.23. The number of nitrogens with zero attached hydrogens (tertiary/aromatic N) is 3. The van der Waals surface area contributed by atoms with Crippen LogP contribution in [0.25, 0.3) is 10.9 Å². The van der Waals surface area contributed by atoms with Crippen LogP contribution >= 0.6 is 11.6 Å². The van der Waals surface area contributed by atoms with Gasteiger partial charge in [-0.05, 0) is 37.1 Å². The summed E-state index contributed by atoms with van der Waals surface area (Å²) in [5.41, 5.74) is -2.35. The van der Waals surface area contributed by atoms with Gasteiger partial charge in [-0.3, -0.25) is 4.79 Å². The molecule has 1 fully saturated rings. The fourth-order valence-electron chi connectivity index (χ4n) is 3.55. The molecule has 1 aliphatic heterocycles. The molecule has 4 rings (SSSR count). The Morgan fingerprint density at radius 3 is 2.59 bits per heavy atom. The molecule has 0 atom stereocenters. The number of aromatic amines is 1. The minimum atomic E-state index is -4.65. The minimum Gasteiger partial charge on any atom is -0.393 e. The number of rotatable bonds is 4. The van der Waals surface area contributed by atoms with Gasteiger partial charge in [-0.1, -0.05) is 11.6 Å². The predicted molar refractivity (Wildman–Crippen MR) is 113 cm³/mol. The molecule has 32 heavy (non-hydrogen) atoms. The summed E-state index contributed by atoms with van der Waals surface area (Å²) in [7, 11) is 0. The van der Waals surface area contributed by atoms with Gasteiger partial charge in [0.2, 0.25) is 5.95 Å². The van der Waals surface area contributed by atoms with Crippen LogP contribution in [0.5, 0.6) is 0 Å². The number of aliphatic hydroxyl groups excluding tert-OH is 1. The third kappa shape index (κ3) is 4.36. The minimum absolute atomic E-state index is 0.0327. The number of nitrogens with one attached hydrogen (secondary N) is 2. The molecule has 0 spiro atoms. The molecule has 0 bridgehead atoms. The van der Waals surface area contributed by atoms with Gasteiger partial charge in [-0.25, -0.2) is 4.98 Å². The van der Waals surface area contributed by atoms with Crippen LogP contribution in [0.4, 0.5) is 30.6 Å². The Hall–Kier alpha value is -2.89. The molecule has 0 unspecified atom stereocenters. The highest BCUT2D eigenvalue weighted by Crippen LogP contribution is 2.37. The molecule has 0 aliphatic carbocycles. The standard InChI is InChI=1S/C20H19ClF3N5O3/c21-13-2-1-11(9-12(13)20(22,23)24)26-16-15-14(3-6-25-17(15)31)27-18(28-16)29-7-4-19(32,10-30)5-8-29/h1-3,6,9,30,32H,4-5,7-8,10H2,(H,25,31)(H,26,27,28). The van der Waals surface area contributed by atoms with Gasteiger partial charge in [-0.15, -0.1) is 0 Å². The van der Waals surface area contributed by atoms with Crippen molar-refractivity contribution in [2.45, 2.75) is 24.6 Å². The van der Waals surface area contributed by atoms with Crippen LogP contribution < -0.4 is 15.8 Å². The molecule has 3 aromatic rings. The Bertz CT molecular complexity index is 1210. The SMILES string of the molecule is O=c1[nH]ccc2nc(N3CCC(O)(CO)CC3)nc(Nc3ccc(Cl)c(C(F)(F)F)c3)c12. The van der Waals surface area contributed by atoms with E-state index in [1.54, 1.807) is 11.0 Å². The van der Waals surface area contributed by atoms with Gasteiger partial charge in [0.05, 0.1) is 28.3 Å². The molecule has 3 heterocycles. The summed E-state index contributed by atoms with van der Waals surface area (Å²) in [6.45, 7) is 0.342. The van der Waals surface area contributed by atoms with Gasteiger partial charge in [0.1, 0.15) is 11.2 Å². The van der Waals surface area contributed by atoms with Crippen LogP contribution in [0, 0.1) is 0 Å². The summed E-state index contributed by atoms with van der Waals surface area (Å²) < 4.78 is 39.7.